The molecule has 0 amide bonds. The van der Waals surface area contributed by atoms with E-state index in [9.17, 15) is 0 Å². The lowest BCUT2D eigenvalue weighted by Gasteiger charge is -2.13. The number of pyridine rings is 1. The van der Waals surface area contributed by atoms with Gasteiger partial charge in [0.2, 0.25) is 0 Å². The van der Waals surface area contributed by atoms with Gasteiger partial charge in [-0.05, 0) is 85.8 Å². The van der Waals surface area contributed by atoms with E-state index in [0.29, 0.717) is 0 Å². The summed E-state index contributed by atoms with van der Waals surface area (Å²) in [5.74, 6) is 0. The maximum atomic E-state index is 4.93. The molecule has 5 heteroatoms. The van der Waals surface area contributed by atoms with Crippen molar-refractivity contribution in [2.45, 2.75) is 6.92 Å². The summed E-state index contributed by atoms with van der Waals surface area (Å²) >= 11 is 0. The van der Waals surface area contributed by atoms with Crippen LogP contribution in [0.4, 0.5) is 0 Å². The van der Waals surface area contributed by atoms with Crippen molar-refractivity contribution in [1.82, 2.24) is 23.3 Å². The maximum absolute atomic E-state index is 4.93. The van der Waals surface area contributed by atoms with Gasteiger partial charge in [-0.1, -0.05) is 110 Å². The lowest BCUT2D eigenvalue weighted by molar-refractivity contribution is 1.08. The monoisotopic (exact) mass is 755 g/mol. The van der Waals surface area contributed by atoms with Crippen molar-refractivity contribution in [3.63, 3.8) is 0 Å². The molecule has 7 aromatic carbocycles. The summed E-state index contributed by atoms with van der Waals surface area (Å²) in [5, 5.41) is 8.45. The van der Waals surface area contributed by atoms with Gasteiger partial charge in [0.05, 0.1) is 68.1 Å². The molecule has 0 unspecified atom stereocenters. The van der Waals surface area contributed by atoms with E-state index in [2.05, 4.69) is 208 Å². The van der Waals surface area contributed by atoms with Crippen molar-refractivity contribution in [1.29, 1.82) is 0 Å². The zero-order valence-corrected chi connectivity index (χ0v) is 32.4. The van der Waals surface area contributed by atoms with Crippen LogP contribution in [0.1, 0.15) is 18.2 Å². The number of allylic oxidation sites excluding steroid dienone is 1. The van der Waals surface area contributed by atoms with Crippen molar-refractivity contribution < 1.29 is 0 Å². The van der Waals surface area contributed by atoms with Crippen molar-refractivity contribution in [2.75, 3.05) is 0 Å². The van der Waals surface area contributed by atoms with Gasteiger partial charge in [0.25, 0.3) is 0 Å². The number of rotatable bonds is 6. The van der Waals surface area contributed by atoms with E-state index in [0.717, 1.165) is 72.4 Å². The molecule has 278 valence electrons. The summed E-state index contributed by atoms with van der Waals surface area (Å²) in [6.07, 6.45) is 10.2. The van der Waals surface area contributed by atoms with Gasteiger partial charge in [-0.3, -0.25) is 4.98 Å². The molecule has 59 heavy (non-hydrogen) atoms. The van der Waals surface area contributed by atoms with Crippen molar-refractivity contribution in [3.05, 3.63) is 200 Å². The fourth-order valence-electron chi connectivity index (χ4n) is 9.72. The van der Waals surface area contributed by atoms with Gasteiger partial charge in [-0.2, -0.15) is 0 Å². The molecular formula is C54H37N5. The fourth-order valence-corrected chi connectivity index (χ4v) is 9.72. The van der Waals surface area contributed by atoms with Gasteiger partial charge in [-0.25, -0.2) is 0 Å². The molecular weight excluding hydrogens is 719 g/mol. The minimum absolute atomic E-state index is 0.997. The third-order valence-corrected chi connectivity index (χ3v) is 12.1. The van der Waals surface area contributed by atoms with Gasteiger partial charge in [-0.15, -0.1) is 0 Å². The molecule has 0 aliphatic rings. The Morgan fingerprint density at radius 1 is 0.390 bits per heavy atom. The average molecular weight is 756 g/mol. The van der Waals surface area contributed by atoms with E-state index in [1.807, 2.05) is 18.5 Å². The SMILES string of the molecule is C=Cc1c(/C=C\C)n(-c2ccc3c(c2)c2cc(-n4c5ccccc5c5ccccc54)ccc2n3-c2cncc(-n3c4ccccc4c4ccccc43)c2)c2ccccc12. The second kappa shape index (κ2) is 12.8. The van der Waals surface area contributed by atoms with Crippen molar-refractivity contribution in [2.24, 2.45) is 0 Å². The van der Waals surface area contributed by atoms with E-state index in [-0.39, 0.29) is 0 Å². The topological polar surface area (TPSA) is 32.6 Å². The second-order valence-corrected chi connectivity index (χ2v) is 15.2. The van der Waals surface area contributed by atoms with Crippen LogP contribution in [-0.4, -0.2) is 23.3 Å². The Hall–Kier alpha value is -7.89. The van der Waals surface area contributed by atoms with Gasteiger partial charge in [0.15, 0.2) is 0 Å². The smallest absolute Gasteiger partial charge is 0.0666 e. The third kappa shape index (κ3) is 4.76. The van der Waals surface area contributed by atoms with Crippen LogP contribution in [0.2, 0.25) is 0 Å². The summed E-state index contributed by atoms with van der Waals surface area (Å²) in [5.41, 5.74) is 14.5. The molecule has 0 radical (unpaired) electrons. The first-order chi connectivity index (χ1) is 29.2. The standard InChI is InChI=1S/C54H37N5/c1-3-15-47-39(4-2)40-16-5-10-21-48(40)56(47)35-26-28-53-45(31-35)46-32-36(57-49-22-11-6-17-41(49)42-18-7-12-23-50(42)57)27-29-54(46)59(53)38-30-37(33-55-34-38)58-51-24-13-8-19-43(51)44-20-9-14-25-52(44)58/h3-34H,2H2,1H3/b15-3-. The number of para-hydroxylation sites is 5. The first kappa shape index (κ1) is 33.3. The second-order valence-electron chi connectivity index (χ2n) is 15.2. The van der Waals surface area contributed by atoms with Gasteiger partial charge >= 0.3 is 0 Å². The lowest BCUT2D eigenvalue weighted by atomic mass is 10.1. The van der Waals surface area contributed by atoms with Crippen LogP contribution in [0.15, 0.2) is 189 Å². The highest BCUT2D eigenvalue weighted by molar-refractivity contribution is 6.13. The van der Waals surface area contributed by atoms with Gasteiger partial charge < -0.3 is 18.3 Å². The number of nitrogens with zero attached hydrogens (tertiary/aromatic N) is 5. The molecule has 0 spiro atoms. The van der Waals surface area contributed by atoms with Crippen LogP contribution in [0.5, 0.6) is 0 Å². The molecule has 0 aliphatic heterocycles. The molecule has 5 nitrogen and oxygen atoms in total. The zero-order valence-electron chi connectivity index (χ0n) is 32.4. The minimum atomic E-state index is 0.997. The quantitative estimate of drug-likeness (QED) is 0.166. The fraction of sp³-hybridized carbons (Fsp3) is 0.0185. The predicted octanol–water partition coefficient (Wildman–Crippen LogP) is 14.0. The summed E-state index contributed by atoms with van der Waals surface area (Å²) in [4.78, 5) is 4.93. The van der Waals surface area contributed by atoms with Crippen LogP contribution in [0, 0.1) is 0 Å². The maximum Gasteiger partial charge on any atom is 0.0666 e. The Labute approximate surface area is 340 Å². The Morgan fingerprint density at radius 3 is 1.20 bits per heavy atom. The van der Waals surface area contributed by atoms with Crippen LogP contribution < -0.4 is 0 Å². The zero-order chi connectivity index (χ0) is 39.2. The highest BCUT2D eigenvalue weighted by Crippen LogP contribution is 2.40. The summed E-state index contributed by atoms with van der Waals surface area (Å²) < 4.78 is 9.49. The molecule has 0 saturated heterocycles. The third-order valence-electron chi connectivity index (χ3n) is 12.1. The van der Waals surface area contributed by atoms with E-state index >= 15 is 0 Å². The Morgan fingerprint density at radius 2 is 0.763 bits per heavy atom. The number of benzene rings is 7. The van der Waals surface area contributed by atoms with Crippen LogP contribution in [0.25, 0.3) is 111 Å². The molecule has 0 atom stereocenters. The molecule has 0 N–H and O–H groups in total. The van der Waals surface area contributed by atoms with Crippen LogP contribution >= 0.6 is 0 Å². The molecule has 5 heterocycles. The highest BCUT2D eigenvalue weighted by Gasteiger charge is 2.21. The summed E-state index contributed by atoms with van der Waals surface area (Å²) in [6.45, 7) is 6.31. The van der Waals surface area contributed by atoms with Gasteiger partial charge in [0.1, 0.15) is 0 Å². The van der Waals surface area contributed by atoms with E-state index in [1.165, 1.54) is 38.0 Å². The van der Waals surface area contributed by atoms with Gasteiger partial charge in [0, 0.05) is 54.6 Å². The molecule has 0 aliphatic carbocycles. The number of hydrogen-bond donors (Lipinski definition) is 0. The number of aromatic nitrogens is 5. The normalized spacial score (nSPS) is 12.2. The Bertz CT molecular complexity index is 3610. The van der Waals surface area contributed by atoms with Crippen molar-refractivity contribution >= 4 is 88.5 Å². The molecule has 0 bridgehead atoms. The molecule has 5 aromatic heterocycles. The molecule has 0 fully saturated rings. The Balaban J connectivity index is 1.15. The summed E-state index contributed by atoms with van der Waals surface area (Å²) in [7, 11) is 0. The van der Waals surface area contributed by atoms with Crippen LogP contribution in [0.3, 0.4) is 0 Å². The van der Waals surface area contributed by atoms with Crippen LogP contribution in [-0.2, 0) is 0 Å². The minimum Gasteiger partial charge on any atom is -0.309 e. The highest BCUT2D eigenvalue weighted by atomic mass is 15.0. The molecule has 0 saturated carbocycles. The number of hydrogen-bond acceptors (Lipinski definition) is 1. The Kier molecular flexibility index (Phi) is 7.23. The van der Waals surface area contributed by atoms with E-state index in [4.69, 9.17) is 4.98 Å². The molecule has 12 aromatic rings. The first-order valence-electron chi connectivity index (χ1n) is 20.1. The lowest BCUT2D eigenvalue weighted by Crippen LogP contribution is -2.00. The molecule has 12 rings (SSSR count). The predicted molar refractivity (Wildman–Crippen MR) is 249 cm³/mol. The largest absolute Gasteiger partial charge is 0.309 e. The average Bonchev–Trinajstić information content (AvgIpc) is 4.01. The summed E-state index contributed by atoms with van der Waals surface area (Å²) in [6, 6.07) is 59.4. The van der Waals surface area contributed by atoms with E-state index < -0.39 is 0 Å². The number of fused-ring (bicyclic) bond motifs is 10. The van der Waals surface area contributed by atoms with E-state index in [1.54, 1.807) is 0 Å². The first-order valence-corrected chi connectivity index (χ1v) is 20.1. The van der Waals surface area contributed by atoms with Crippen molar-refractivity contribution in [3.8, 4) is 22.7 Å².